The fourth-order valence-corrected chi connectivity index (χ4v) is 3.40. The molecule has 2 heterocycles. The Hall–Kier alpha value is -3.48. The van der Waals surface area contributed by atoms with E-state index in [1.54, 1.807) is 24.5 Å². The van der Waals surface area contributed by atoms with Gasteiger partial charge in [-0.1, -0.05) is 39.0 Å². The highest BCUT2D eigenvalue weighted by atomic mass is 16.2. The van der Waals surface area contributed by atoms with Gasteiger partial charge in [0.1, 0.15) is 11.7 Å². The zero-order valence-corrected chi connectivity index (χ0v) is 19.5. The predicted molar refractivity (Wildman–Crippen MR) is 125 cm³/mol. The van der Waals surface area contributed by atoms with Gasteiger partial charge in [-0.2, -0.15) is 0 Å². The van der Waals surface area contributed by atoms with Gasteiger partial charge in [-0.3, -0.25) is 19.5 Å². The maximum absolute atomic E-state index is 13.6. The number of imidazole rings is 1. The first-order chi connectivity index (χ1) is 15.0. The number of hydrogen-bond donors (Lipinski definition) is 2. The summed E-state index contributed by atoms with van der Waals surface area (Å²) in [7, 11) is 0. The molecular formula is C25H31N5O2. The molecule has 0 saturated heterocycles. The molecule has 3 rings (SSSR count). The number of carbonyl (C=O) groups excluding carboxylic acids is 2. The van der Waals surface area contributed by atoms with E-state index in [2.05, 4.69) is 41.0 Å². The lowest BCUT2D eigenvalue weighted by Crippen LogP contribution is -2.49. The van der Waals surface area contributed by atoms with E-state index < -0.39 is 11.6 Å². The molecular weight excluding hydrogens is 402 g/mol. The van der Waals surface area contributed by atoms with Crippen molar-refractivity contribution in [2.45, 2.75) is 58.5 Å². The molecule has 32 heavy (non-hydrogen) atoms. The molecule has 0 spiro atoms. The van der Waals surface area contributed by atoms with E-state index in [1.165, 1.54) is 17.4 Å². The third-order valence-electron chi connectivity index (χ3n) is 4.96. The first-order valence-corrected chi connectivity index (χ1v) is 10.6. The molecule has 2 aromatic heterocycles. The van der Waals surface area contributed by atoms with Crippen LogP contribution >= 0.6 is 0 Å². The maximum atomic E-state index is 13.6. The topological polar surface area (TPSA) is 91.0 Å². The summed E-state index contributed by atoms with van der Waals surface area (Å²) in [4.78, 5) is 39.7. The van der Waals surface area contributed by atoms with E-state index in [9.17, 15) is 9.59 Å². The number of nitrogens with one attached hydrogen (secondary N) is 2. The molecule has 2 N–H and O–H groups in total. The van der Waals surface area contributed by atoms with Crippen molar-refractivity contribution in [2.24, 2.45) is 0 Å². The maximum Gasteiger partial charge on any atom is 0.277 e. The van der Waals surface area contributed by atoms with E-state index in [-0.39, 0.29) is 17.2 Å². The summed E-state index contributed by atoms with van der Waals surface area (Å²) in [6, 6.07) is 10.4. The Morgan fingerprint density at radius 1 is 0.969 bits per heavy atom. The van der Waals surface area contributed by atoms with E-state index in [0.717, 1.165) is 5.56 Å². The molecule has 0 fully saturated rings. The highest BCUT2D eigenvalue weighted by Gasteiger charge is 2.35. The molecule has 1 atom stereocenters. The van der Waals surface area contributed by atoms with Gasteiger partial charge in [0.25, 0.3) is 5.91 Å². The van der Waals surface area contributed by atoms with Crippen molar-refractivity contribution in [3.63, 3.8) is 0 Å². The minimum Gasteiger partial charge on any atom is -0.349 e. The molecule has 7 nitrogen and oxygen atoms in total. The summed E-state index contributed by atoms with van der Waals surface area (Å²) < 4.78 is 0. The van der Waals surface area contributed by atoms with Crippen LogP contribution in [0, 0.1) is 0 Å². The Labute approximate surface area is 189 Å². The average Bonchev–Trinajstić information content (AvgIpc) is 3.25. The van der Waals surface area contributed by atoms with Gasteiger partial charge in [0, 0.05) is 29.2 Å². The second kappa shape index (κ2) is 8.94. The van der Waals surface area contributed by atoms with E-state index in [4.69, 9.17) is 0 Å². The number of pyridine rings is 1. The number of aromatic nitrogens is 3. The van der Waals surface area contributed by atoms with Gasteiger partial charge in [-0.05, 0) is 49.9 Å². The normalized spacial score (nSPS) is 12.8. The summed E-state index contributed by atoms with van der Waals surface area (Å²) in [5.41, 5.74) is 2.13. The third-order valence-corrected chi connectivity index (χ3v) is 4.96. The van der Waals surface area contributed by atoms with Gasteiger partial charge in [-0.25, -0.2) is 4.98 Å². The van der Waals surface area contributed by atoms with E-state index in [0.29, 0.717) is 16.9 Å². The predicted octanol–water partition coefficient (Wildman–Crippen LogP) is 4.41. The van der Waals surface area contributed by atoms with Crippen molar-refractivity contribution in [1.82, 2.24) is 20.3 Å². The lowest BCUT2D eigenvalue weighted by atomic mass is 9.87. The highest BCUT2D eigenvalue weighted by molar-refractivity contribution is 6.09. The van der Waals surface area contributed by atoms with Gasteiger partial charge < -0.3 is 10.3 Å². The molecule has 0 bridgehead atoms. The molecule has 0 aliphatic rings. The van der Waals surface area contributed by atoms with Crippen LogP contribution in [0.25, 0.3) is 0 Å². The standard InChI is InChI=1S/C25H31N5O2/c1-24(2,3)18-9-11-19(12-10-18)30(23(32)20-15-27-16-28-20)21(17-8-7-13-26-14-17)22(31)29-25(4,5)6/h7-16,21H,1-6H3,(H,27,28)(H,29,31)/t21-/m1/s1. The van der Waals surface area contributed by atoms with E-state index >= 15 is 0 Å². The molecule has 0 radical (unpaired) electrons. The van der Waals surface area contributed by atoms with Crippen molar-refractivity contribution in [2.75, 3.05) is 4.90 Å². The lowest BCUT2D eigenvalue weighted by Gasteiger charge is -2.33. The minimum absolute atomic E-state index is 0.0386. The van der Waals surface area contributed by atoms with Crippen molar-refractivity contribution < 1.29 is 9.59 Å². The monoisotopic (exact) mass is 433 g/mol. The summed E-state index contributed by atoms with van der Waals surface area (Å²) in [6.45, 7) is 12.1. The van der Waals surface area contributed by atoms with Crippen molar-refractivity contribution >= 4 is 17.5 Å². The quantitative estimate of drug-likeness (QED) is 0.624. The molecule has 0 unspecified atom stereocenters. The van der Waals surface area contributed by atoms with Crippen LogP contribution in [0.3, 0.4) is 0 Å². The number of amides is 2. The Bertz CT molecular complexity index is 1050. The van der Waals surface area contributed by atoms with Gasteiger partial charge in [0.15, 0.2) is 0 Å². The second-order valence-electron chi connectivity index (χ2n) is 9.87. The fourth-order valence-electron chi connectivity index (χ4n) is 3.40. The fraction of sp³-hybridized carbons (Fsp3) is 0.360. The number of nitrogens with zero attached hydrogens (tertiary/aromatic N) is 3. The Morgan fingerprint density at radius 3 is 2.16 bits per heavy atom. The molecule has 0 aliphatic carbocycles. The number of benzene rings is 1. The van der Waals surface area contributed by atoms with Crippen LogP contribution in [0.1, 0.15) is 69.2 Å². The third kappa shape index (κ3) is 5.41. The zero-order chi connectivity index (χ0) is 23.5. The summed E-state index contributed by atoms with van der Waals surface area (Å²) in [6.07, 6.45) is 6.16. The van der Waals surface area contributed by atoms with Crippen LogP contribution in [0.4, 0.5) is 5.69 Å². The summed E-state index contributed by atoms with van der Waals surface area (Å²) in [5.74, 6) is -0.651. The summed E-state index contributed by atoms with van der Waals surface area (Å²) in [5, 5.41) is 3.02. The van der Waals surface area contributed by atoms with Crippen LogP contribution in [-0.4, -0.2) is 32.3 Å². The van der Waals surface area contributed by atoms with Crippen LogP contribution in [0.2, 0.25) is 0 Å². The number of aromatic amines is 1. The van der Waals surface area contributed by atoms with Crippen molar-refractivity contribution in [3.8, 4) is 0 Å². The molecule has 168 valence electrons. The lowest BCUT2D eigenvalue weighted by molar-refractivity contribution is -0.123. The van der Waals surface area contributed by atoms with Crippen LogP contribution in [-0.2, 0) is 10.2 Å². The largest absolute Gasteiger partial charge is 0.349 e. The Balaban J connectivity index is 2.15. The molecule has 7 heteroatoms. The van der Waals surface area contributed by atoms with Crippen LogP contribution in [0.15, 0.2) is 61.3 Å². The first kappa shape index (κ1) is 23.2. The molecule has 0 aliphatic heterocycles. The highest BCUT2D eigenvalue weighted by Crippen LogP contribution is 2.32. The number of rotatable bonds is 5. The summed E-state index contributed by atoms with van der Waals surface area (Å²) >= 11 is 0. The zero-order valence-electron chi connectivity index (χ0n) is 19.5. The Kier molecular flexibility index (Phi) is 6.48. The first-order valence-electron chi connectivity index (χ1n) is 10.6. The number of hydrogen-bond acceptors (Lipinski definition) is 4. The molecule has 1 aromatic carbocycles. The number of carbonyl (C=O) groups is 2. The van der Waals surface area contributed by atoms with Gasteiger partial charge in [0.2, 0.25) is 5.91 Å². The number of anilines is 1. The smallest absolute Gasteiger partial charge is 0.277 e. The Morgan fingerprint density at radius 2 is 1.66 bits per heavy atom. The van der Waals surface area contributed by atoms with E-state index in [1.807, 2.05) is 45.0 Å². The van der Waals surface area contributed by atoms with Gasteiger partial charge >= 0.3 is 0 Å². The average molecular weight is 434 g/mol. The van der Waals surface area contributed by atoms with Gasteiger partial charge in [0.05, 0.1) is 12.5 Å². The minimum atomic E-state index is -0.917. The number of H-pyrrole nitrogens is 1. The molecule has 0 saturated carbocycles. The molecule has 2 amide bonds. The SMILES string of the molecule is CC(C)(C)NC(=O)[C@@H](c1cccnc1)N(C(=O)c1cnc[nH]1)c1ccc(C(C)(C)C)cc1. The van der Waals surface area contributed by atoms with Crippen molar-refractivity contribution in [1.29, 1.82) is 0 Å². The van der Waals surface area contributed by atoms with Crippen molar-refractivity contribution in [3.05, 3.63) is 78.1 Å². The van der Waals surface area contributed by atoms with Crippen LogP contribution in [0.5, 0.6) is 0 Å². The van der Waals surface area contributed by atoms with Gasteiger partial charge in [-0.15, -0.1) is 0 Å². The second-order valence-corrected chi connectivity index (χ2v) is 9.87. The van der Waals surface area contributed by atoms with Crippen LogP contribution < -0.4 is 10.2 Å². The molecule has 3 aromatic rings.